The first kappa shape index (κ1) is 13.9. The molecule has 0 aromatic rings. The predicted molar refractivity (Wildman–Crippen MR) is 70.6 cm³/mol. The van der Waals surface area contributed by atoms with Gasteiger partial charge in [-0.25, -0.2) is 0 Å². The van der Waals surface area contributed by atoms with Crippen molar-refractivity contribution in [3.63, 3.8) is 0 Å². The highest BCUT2D eigenvalue weighted by Gasteiger charge is 2.20. The van der Waals surface area contributed by atoms with Gasteiger partial charge in [-0.1, -0.05) is 13.3 Å². The summed E-state index contributed by atoms with van der Waals surface area (Å²) in [6, 6.07) is 1.14. The van der Waals surface area contributed by atoms with Crippen LogP contribution in [0.25, 0.3) is 0 Å². The number of hydrogen-bond donors (Lipinski definition) is 1. The molecule has 0 spiro atoms. The van der Waals surface area contributed by atoms with Crippen molar-refractivity contribution in [1.82, 2.24) is 9.80 Å². The molecule has 16 heavy (non-hydrogen) atoms. The Labute approximate surface area is 101 Å². The van der Waals surface area contributed by atoms with Crippen LogP contribution < -0.4 is 5.73 Å². The molecule has 3 heteroatoms. The highest BCUT2D eigenvalue weighted by Crippen LogP contribution is 2.14. The molecule has 0 amide bonds. The zero-order chi connectivity index (χ0) is 12.0. The summed E-state index contributed by atoms with van der Waals surface area (Å²) in [5.41, 5.74) is 6.05. The van der Waals surface area contributed by atoms with E-state index in [1.54, 1.807) is 0 Å². The van der Waals surface area contributed by atoms with Crippen molar-refractivity contribution >= 4 is 0 Å². The van der Waals surface area contributed by atoms with Gasteiger partial charge in [-0.3, -0.25) is 0 Å². The summed E-state index contributed by atoms with van der Waals surface area (Å²) in [6.45, 7) is 5.85. The lowest BCUT2D eigenvalue weighted by Gasteiger charge is -2.36. The molecule has 1 saturated heterocycles. The smallest absolute Gasteiger partial charge is 0.0220 e. The highest BCUT2D eigenvalue weighted by molar-refractivity contribution is 4.78. The van der Waals surface area contributed by atoms with Crippen LogP contribution in [0.1, 0.15) is 39.0 Å². The number of hydrogen-bond acceptors (Lipinski definition) is 3. The molecule has 0 radical (unpaired) electrons. The van der Waals surface area contributed by atoms with E-state index in [0.717, 1.165) is 19.0 Å². The second-order valence-electron chi connectivity index (χ2n) is 5.38. The molecule has 3 nitrogen and oxygen atoms in total. The minimum atomic E-state index is 0.397. The Morgan fingerprint density at radius 3 is 2.81 bits per heavy atom. The van der Waals surface area contributed by atoms with E-state index in [-0.39, 0.29) is 0 Å². The van der Waals surface area contributed by atoms with E-state index < -0.39 is 0 Å². The second-order valence-corrected chi connectivity index (χ2v) is 5.38. The normalized spacial score (nSPS) is 24.9. The van der Waals surface area contributed by atoms with Crippen molar-refractivity contribution in [1.29, 1.82) is 0 Å². The van der Waals surface area contributed by atoms with E-state index in [1.807, 2.05) is 0 Å². The first-order chi connectivity index (χ1) is 7.63. The summed E-state index contributed by atoms with van der Waals surface area (Å²) in [6.07, 6.45) is 6.20. The number of piperidine rings is 1. The maximum atomic E-state index is 6.05. The van der Waals surface area contributed by atoms with Crippen LogP contribution in [0.15, 0.2) is 0 Å². The summed E-state index contributed by atoms with van der Waals surface area (Å²) >= 11 is 0. The van der Waals surface area contributed by atoms with E-state index in [0.29, 0.717) is 6.04 Å². The van der Waals surface area contributed by atoms with Crippen molar-refractivity contribution in [2.24, 2.45) is 5.73 Å². The van der Waals surface area contributed by atoms with Crippen LogP contribution in [-0.4, -0.2) is 55.6 Å². The maximum absolute atomic E-state index is 6.05. The fourth-order valence-electron chi connectivity index (χ4n) is 2.57. The van der Waals surface area contributed by atoms with Crippen LogP contribution in [-0.2, 0) is 0 Å². The molecular weight excluding hydrogens is 198 g/mol. The quantitative estimate of drug-likeness (QED) is 0.747. The monoisotopic (exact) mass is 227 g/mol. The van der Waals surface area contributed by atoms with Crippen LogP contribution in [0.5, 0.6) is 0 Å². The summed E-state index contributed by atoms with van der Waals surface area (Å²) in [5.74, 6) is 0. The van der Waals surface area contributed by atoms with Gasteiger partial charge in [0.25, 0.3) is 0 Å². The van der Waals surface area contributed by atoms with Gasteiger partial charge >= 0.3 is 0 Å². The number of nitrogens with two attached hydrogens (primary N) is 1. The molecule has 2 atom stereocenters. The minimum absolute atomic E-state index is 0.397. The van der Waals surface area contributed by atoms with Crippen LogP contribution in [0, 0.1) is 0 Å². The van der Waals surface area contributed by atoms with E-state index in [4.69, 9.17) is 5.73 Å². The van der Waals surface area contributed by atoms with E-state index >= 15 is 0 Å². The molecule has 0 aromatic carbocycles. The molecule has 0 aliphatic carbocycles. The van der Waals surface area contributed by atoms with Crippen LogP contribution in [0.4, 0.5) is 0 Å². The van der Waals surface area contributed by atoms with E-state index in [2.05, 4.69) is 30.8 Å². The molecule has 1 rings (SSSR count). The lowest BCUT2D eigenvalue weighted by molar-refractivity contribution is 0.131. The number of rotatable bonds is 6. The molecule has 0 saturated carbocycles. The third kappa shape index (κ3) is 4.81. The van der Waals surface area contributed by atoms with Crippen molar-refractivity contribution in [3.05, 3.63) is 0 Å². The zero-order valence-corrected chi connectivity index (χ0v) is 11.3. The van der Waals surface area contributed by atoms with Gasteiger partial charge in [0.05, 0.1) is 0 Å². The molecule has 2 N–H and O–H groups in total. The summed E-state index contributed by atoms with van der Waals surface area (Å²) in [5, 5.41) is 0. The zero-order valence-electron chi connectivity index (χ0n) is 11.3. The van der Waals surface area contributed by atoms with Gasteiger partial charge in [0.15, 0.2) is 0 Å². The SMILES string of the molecule is CCCC(N)CCN(C)C1CCCN(C)C1. The van der Waals surface area contributed by atoms with Gasteiger partial charge in [0.1, 0.15) is 0 Å². The van der Waals surface area contributed by atoms with Crippen molar-refractivity contribution < 1.29 is 0 Å². The van der Waals surface area contributed by atoms with Gasteiger partial charge < -0.3 is 15.5 Å². The summed E-state index contributed by atoms with van der Waals surface area (Å²) in [4.78, 5) is 4.95. The molecule has 1 heterocycles. The van der Waals surface area contributed by atoms with Gasteiger partial charge in [-0.05, 0) is 52.9 Å². The van der Waals surface area contributed by atoms with Crippen molar-refractivity contribution in [3.8, 4) is 0 Å². The first-order valence-corrected chi connectivity index (χ1v) is 6.77. The number of likely N-dealkylation sites (tertiary alicyclic amines) is 1. The molecule has 0 bridgehead atoms. The van der Waals surface area contributed by atoms with Crippen LogP contribution in [0.2, 0.25) is 0 Å². The fourth-order valence-corrected chi connectivity index (χ4v) is 2.57. The van der Waals surface area contributed by atoms with Crippen LogP contribution >= 0.6 is 0 Å². The van der Waals surface area contributed by atoms with E-state index in [9.17, 15) is 0 Å². The van der Waals surface area contributed by atoms with Gasteiger partial charge in [0, 0.05) is 18.6 Å². The lowest BCUT2D eigenvalue weighted by Crippen LogP contribution is -2.45. The standard InChI is InChI=1S/C13H29N3/c1-4-6-12(14)8-10-16(3)13-7-5-9-15(2)11-13/h12-13H,4-11,14H2,1-3H3. The molecule has 1 aliphatic heterocycles. The Morgan fingerprint density at radius 2 is 2.19 bits per heavy atom. The fraction of sp³-hybridized carbons (Fsp3) is 1.00. The Balaban J connectivity index is 2.20. The molecule has 1 aliphatic rings. The molecule has 2 unspecified atom stereocenters. The van der Waals surface area contributed by atoms with Gasteiger partial charge in [-0.15, -0.1) is 0 Å². The first-order valence-electron chi connectivity index (χ1n) is 6.77. The summed E-state index contributed by atoms with van der Waals surface area (Å²) < 4.78 is 0. The average molecular weight is 227 g/mol. The highest BCUT2D eigenvalue weighted by atomic mass is 15.2. The molecular formula is C13H29N3. The largest absolute Gasteiger partial charge is 0.328 e. The number of nitrogens with zero attached hydrogens (tertiary/aromatic N) is 2. The maximum Gasteiger partial charge on any atom is 0.0220 e. The van der Waals surface area contributed by atoms with E-state index in [1.165, 1.54) is 38.8 Å². The molecule has 0 aromatic heterocycles. The third-order valence-corrected chi connectivity index (χ3v) is 3.74. The molecule has 96 valence electrons. The second kappa shape index (κ2) is 7.25. The minimum Gasteiger partial charge on any atom is -0.328 e. The molecule has 1 fully saturated rings. The Hall–Kier alpha value is -0.120. The lowest BCUT2D eigenvalue weighted by atomic mass is 10.0. The Kier molecular flexibility index (Phi) is 6.32. The number of likely N-dealkylation sites (N-methyl/N-ethyl adjacent to an activating group) is 2. The van der Waals surface area contributed by atoms with Crippen molar-refractivity contribution in [2.45, 2.75) is 51.1 Å². The van der Waals surface area contributed by atoms with Gasteiger partial charge in [-0.2, -0.15) is 0 Å². The van der Waals surface area contributed by atoms with Crippen LogP contribution in [0.3, 0.4) is 0 Å². The average Bonchev–Trinajstić information content (AvgIpc) is 2.26. The Bertz CT molecular complexity index is 184. The third-order valence-electron chi connectivity index (χ3n) is 3.74. The van der Waals surface area contributed by atoms with Gasteiger partial charge in [0.2, 0.25) is 0 Å². The summed E-state index contributed by atoms with van der Waals surface area (Å²) in [7, 11) is 4.48. The Morgan fingerprint density at radius 1 is 1.44 bits per heavy atom. The topological polar surface area (TPSA) is 32.5 Å². The predicted octanol–water partition coefficient (Wildman–Crippen LogP) is 1.53. The van der Waals surface area contributed by atoms with Crippen molar-refractivity contribution in [2.75, 3.05) is 33.7 Å².